The van der Waals surface area contributed by atoms with Crippen LogP contribution in [0.4, 0.5) is 14.5 Å². The number of alkyl halides is 2. The summed E-state index contributed by atoms with van der Waals surface area (Å²) in [5.74, 6) is -0.805. The predicted octanol–water partition coefficient (Wildman–Crippen LogP) is 5.39. The van der Waals surface area contributed by atoms with Gasteiger partial charge in [0.2, 0.25) is 0 Å². The normalized spacial score (nSPS) is 14.1. The van der Waals surface area contributed by atoms with Crippen LogP contribution in [0.2, 0.25) is 10.0 Å². The highest BCUT2D eigenvalue weighted by Crippen LogP contribution is 2.46. The summed E-state index contributed by atoms with van der Waals surface area (Å²) in [6, 6.07) is 9.21. The fraction of sp³-hybridized carbons (Fsp3) is 0.200. The molecule has 6 nitrogen and oxygen atoms in total. The highest BCUT2D eigenvalue weighted by Gasteiger charge is 2.44. The molecule has 0 aliphatic carbocycles. The number of ether oxygens (including phenoxy) is 2. The molecule has 0 bridgehead atoms. The Kier molecular flexibility index (Phi) is 4.86. The Bertz CT molecular complexity index is 1180. The van der Waals surface area contributed by atoms with Crippen molar-refractivity contribution in [3.05, 3.63) is 63.4 Å². The van der Waals surface area contributed by atoms with Crippen LogP contribution in [0.1, 0.15) is 21.7 Å². The number of rotatable bonds is 3. The molecule has 156 valence electrons. The van der Waals surface area contributed by atoms with Crippen molar-refractivity contribution >= 4 is 34.8 Å². The smallest absolute Gasteiger partial charge is 0.395 e. The summed E-state index contributed by atoms with van der Waals surface area (Å²) in [6.07, 6.45) is -3.78. The van der Waals surface area contributed by atoms with Gasteiger partial charge in [-0.25, -0.2) is 4.68 Å². The Morgan fingerprint density at radius 3 is 2.43 bits per heavy atom. The molecule has 0 N–H and O–H groups in total. The van der Waals surface area contributed by atoms with Gasteiger partial charge in [0.15, 0.2) is 11.5 Å². The van der Waals surface area contributed by atoms with Crippen LogP contribution in [0.15, 0.2) is 36.4 Å². The summed E-state index contributed by atoms with van der Waals surface area (Å²) in [5, 5.41) is 5.00. The van der Waals surface area contributed by atoms with Crippen LogP contribution in [0.25, 0.3) is 5.69 Å². The molecule has 3 aromatic rings. The van der Waals surface area contributed by atoms with Crippen molar-refractivity contribution < 1.29 is 23.0 Å². The number of amides is 1. The van der Waals surface area contributed by atoms with Gasteiger partial charge in [-0.3, -0.25) is 4.79 Å². The number of anilines is 1. The monoisotopic (exact) mass is 453 g/mol. The quantitative estimate of drug-likeness (QED) is 0.533. The van der Waals surface area contributed by atoms with Crippen molar-refractivity contribution in [1.82, 2.24) is 9.78 Å². The van der Waals surface area contributed by atoms with Gasteiger partial charge in [0, 0.05) is 24.7 Å². The first-order valence-corrected chi connectivity index (χ1v) is 9.52. The molecular formula is C20H15Cl2F2N3O3. The number of carbonyl (C=O) groups excluding carboxylic acids is 1. The van der Waals surface area contributed by atoms with E-state index in [-0.39, 0.29) is 22.2 Å². The van der Waals surface area contributed by atoms with Crippen molar-refractivity contribution in [2.75, 3.05) is 11.9 Å². The maximum absolute atomic E-state index is 13.3. The van der Waals surface area contributed by atoms with Crippen LogP contribution in [0, 0.1) is 13.8 Å². The molecule has 30 heavy (non-hydrogen) atoms. The van der Waals surface area contributed by atoms with E-state index in [9.17, 15) is 13.6 Å². The van der Waals surface area contributed by atoms with E-state index in [1.165, 1.54) is 24.1 Å². The largest absolute Gasteiger partial charge is 0.586 e. The first-order chi connectivity index (χ1) is 14.1. The fourth-order valence-electron chi connectivity index (χ4n) is 3.17. The van der Waals surface area contributed by atoms with Crippen LogP contribution in [-0.4, -0.2) is 29.0 Å². The minimum Gasteiger partial charge on any atom is -0.395 e. The fourth-order valence-corrected chi connectivity index (χ4v) is 3.56. The highest BCUT2D eigenvalue weighted by molar-refractivity contribution is 6.34. The Labute approximate surface area is 180 Å². The Morgan fingerprint density at radius 1 is 1.13 bits per heavy atom. The third-order valence-electron chi connectivity index (χ3n) is 4.68. The van der Waals surface area contributed by atoms with Crippen LogP contribution in [0.3, 0.4) is 0 Å². The summed E-state index contributed by atoms with van der Waals surface area (Å²) in [7, 11) is 1.48. The van der Waals surface area contributed by atoms with Crippen LogP contribution < -0.4 is 14.4 Å². The lowest BCUT2D eigenvalue weighted by molar-refractivity contribution is -0.286. The number of fused-ring (bicyclic) bond motifs is 1. The van der Waals surface area contributed by atoms with Crippen molar-refractivity contribution in [2.45, 2.75) is 20.1 Å². The molecule has 0 fully saturated rings. The zero-order valence-corrected chi connectivity index (χ0v) is 17.6. The predicted molar refractivity (Wildman–Crippen MR) is 108 cm³/mol. The second-order valence-corrected chi connectivity index (χ2v) is 7.51. The van der Waals surface area contributed by atoms with Crippen molar-refractivity contribution in [3.8, 4) is 17.2 Å². The molecule has 0 unspecified atom stereocenters. The number of hydrogen-bond acceptors (Lipinski definition) is 4. The first kappa shape index (κ1) is 20.4. The lowest BCUT2D eigenvalue weighted by atomic mass is 10.1. The molecule has 10 heteroatoms. The Balaban J connectivity index is 1.67. The zero-order chi connectivity index (χ0) is 21.8. The molecule has 0 saturated carbocycles. The summed E-state index contributed by atoms with van der Waals surface area (Å²) < 4.78 is 37.1. The van der Waals surface area contributed by atoms with Crippen molar-refractivity contribution in [1.29, 1.82) is 0 Å². The molecule has 2 heterocycles. The summed E-state index contributed by atoms with van der Waals surface area (Å²) in [6.45, 7) is 3.62. The number of aryl methyl sites for hydroxylation is 1. The van der Waals surface area contributed by atoms with Gasteiger partial charge in [-0.2, -0.15) is 5.10 Å². The Hall–Kier alpha value is -2.84. The van der Waals surface area contributed by atoms with Gasteiger partial charge in [0.25, 0.3) is 5.91 Å². The minimum atomic E-state index is -3.78. The van der Waals surface area contributed by atoms with Gasteiger partial charge in [0.05, 0.1) is 32.8 Å². The third-order valence-corrected chi connectivity index (χ3v) is 5.53. The van der Waals surface area contributed by atoms with Crippen LogP contribution >= 0.6 is 23.2 Å². The van der Waals surface area contributed by atoms with E-state index in [1.807, 2.05) is 6.92 Å². The zero-order valence-electron chi connectivity index (χ0n) is 16.0. The number of halogens is 4. The van der Waals surface area contributed by atoms with Crippen molar-refractivity contribution in [3.63, 3.8) is 0 Å². The van der Waals surface area contributed by atoms with E-state index in [1.54, 1.807) is 35.9 Å². The average molecular weight is 454 g/mol. The van der Waals surface area contributed by atoms with Crippen LogP contribution in [-0.2, 0) is 0 Å². The number of hydrogen-bond donors (Lipinski definition) is 0. The number of aromatic nitrogens is 2. The number of nitrogens with zero attached hydrogens (tertiary/aromatic N) is 3. The molecule has 0 spiro atoms. The molecule has 1 aromatic heterocycles. The molecule has 0 saturated heterocycles. The van der Waals surface area contributed by atoms with Gasteiger partial charge >= 0.3 is 6.29 Å². The van der Waals surface area contributed by atoms with E-state index in [0.717, 1.165) is 5.69 Å². The highest BCUT2D eigenvalue weighted by atomic mass is 35.5. The van der Waals surface area contributed by atoms with E-state index < -0.39 is 12.2 Å². The topological polar surface area (TPSA) is 56.6 Å². The van der Waals surface area contributed by atoms with E-state index in [4.69, 9.17) is 23.2 Å². The standard InChI is InChI=1S/C20H15Cl2F2N3O3/c1-10-18(22)11(2)27(25-10)13-6-4-5-12(7-13)19(28)26(3)15-9-17-16(8-14(15)21)29-20(23,24)30-17/h4-9H,1-3H3. The van der Waals surface area contributed by atoms with E-state index in [0.29, 0.717) is 22.0 Å². The van der Waals surface area contributed by atoms with Gasteiger partial charge in [0.1, 0.15) is 0 Å². The van der Waals surface area contributed by atoms with Gasteiger partial charge in [-0.15, -0.1) is 8.78 Å². The maximum Gasteiger partial charge on any atom is 0.586 e. The Morgan fingerprint density at radius 2 is 1.80 bits per heavy atom. The van der Waals surface area contributed by atoms with E-state index >= 15 is 0 Å². The molecule has 0 radical (unpaired) electrons. The molecule has 1 aliphatic rings. The van der Waals surface area contributed by atoms with Crippen molar-refractivity contribution in [2.24, 2.45) is 0 Å². The second-order valence-electron chi connectivity index (χ2n) is 6.73. The molecule has 1 aliphatic heterocycles. The van der Waals surface area contributed by atoms with Gasteiger partial charge in [-0.1, -0.05) is 29.3 Å². The number of carbonyl (C=O) groups is 1. The third kappa shape index (κ3) is 3.46. The SMILES string of the molecule is Cc1nn(-c2cccc(C(=O)N(C)c3cc4c(cc3Cl)OC(F)(F)O4)c2)c(C)c1Cl. The molecular weight excluding hydrogens is 439 g/mol. The maximum atomic E-state index is 13.3. The minimum absolute atomic E-state index is 0.0624. The molecule has 2 aromatic carbocycles. The average Bonchev–Trinajstić information content (AvgIpc) is 3.14. The lowest BCUT2D eigenvalue weighted by Gasteiger charge is -2.19. The summed E-state index contributed by atoms with van der Waals surface area (Å²) in [5.41, 5.74) is 2.61. The first-order valence-electron chi connectivity index (χ1n) is 8.77. The molecule has 4 rings (SSSR count). The number of benzene rings is 2. The molecule has 0 atom stereocenters. The summed E-state index contributed by atoms with van der Waals surface area (Å²) in [4.78, 5) is 14.3. The lowest BCUT2D eigenvalue weighted by Crippen LogP contribution is -2.27. The van der Waals surface area contributed by atoms with E-state index in [2.05, 4.69) is 14.6 Å². The van der Waals surface area contributed by atoms with Gasteiger partial charge < -0.3 is 14.4 Å². The van der Waals surface area contributed by atoms with Crippen LogP contribution in [0.5, 0.6) is 11.5 Å². The molecule has 1 amide bonds. The second kappa shape index (κ2) is 7.14. The van der Waals surface area contributed by atoms with Gasteiger partial charge in [-0.05, 0) is 32.0 Å². The summed E-state index contributed by atoms with van der Waals surface area (Å²) >= 11 is 12.4.